The van der Waals surface area contributed by atoms with Crippen molar-refractivity contribution in [3.05, 3.63) is 102 Å². The Hall–Kier alpha value is -1.99. The highest BCUT2D eigenvalue weighted by Gasteiger charge is 2.21. The van der Waals surface area contributed by atoms with Gasteiger partial charge in [-0.2, -0.15) is 0 Å². The Balaban J connectivity index is 1.93. The SMILES string of the molecule is C[C@H](c1ccccc1)C(Sc1ccccc1)c1ccccc1. The molecule has 3 aromatic rings. The van der Waals surface area contributed by atoms with Crippen molar-refractivity contribution in [3.8, 4) is 0 Å². The lowest BCUT2D eigenvalue weighted by Gasteiger charge is -2.24. The molecule has 1 heteroatoms. The minimum Gasteiger partial charge on any atom is -0.117 e. The molecular weight excluding hydrogens is 284 g/mol. The van der Waals surface area contributed by atoms with Crippen molar-refractivity contribution in [2.45, 2.75) is 23.0 Å². The smallest absolute Gasteiger partial charge is 0.0410 e. The fourth-order valence-corrected chi connectivity index (χ4v) is 3.94. The van der Waals surface area contributed by atoms with Crippen LogP contribution in [0, 0.1) is 0 Å². The Morgan fingerprint density at radius 1 is 0.591 bits per heavy atom. The molecule has 0 saturated heterocycles. The van der Waals surface area contributed by atoms with Crippen molar-refractivity contribution < 1.29 is 0 Å². The third kappa shape index (κ3) is 3.61. The number of hydrogen-bond donors (Lipinski definition) is 0. The lowest BCUT2D eigenvalue weighted by atomic mass is 9.93. The first kappa shape index (κ1) is 14.9. The summed E-state index contributed by atoms with van der Waals surface area (Å²) in [7, 11) is 0. The fraction of sp³-hybridized carbons (Fsp3) is 0.143. The zero-order chi connectivity index (χ0) is 15.2. The summed E-state index contributed by atoms with van der Waals surface area (Å²) in [6, 6.07) is 32.3. The van der Waals surface area contributed by atoms with Gasteiger partial charge in [0.15, 0.2) is 0 Å². The van der Waals surface area contributed by atoms with E-state index in [2.05, 4.69) is 97.9 Å². The normalized spacial score (nSPS) is 13.5. The molecule has 0 aliphatic heterocycles. The maximum absolute atomic E-state index is 2.32. The van der Waals surface area contributed by atoms with E-state index in [1.807, 2.05) is 11.8 Å². The largest absolute Gasteiger partial charge is 0.117 e. The second kappa shape index (κ2) is 7.33. The highest BCUT2D eigenvalue weighted by molar-refractivity contribution is 7.99. The molecule has 0 N–H and O–H groups in total. The number of thioether (sulfide) groups is 1. The highest BCUT2D eigenvalue weighted by atomic mass is 32.2. The van der Waals surface area contributed by atoms with Gasteiger partial charge in [0.25, 0.3) is 0 Å². The number of hydrogen-bond acceptors (Lipinski definition) is 1. The van der Waals surface area contributed by atoms with E-state index in [0.717, 1.165) is 0 Å². The molecule has 3 aromatic carbocycles. The third-order valence-corrected chi connectivity index (χ3v) is 5.39. The van der Waals surface area contributed by atoms with Crippen LogP contribution >= 0.6 is 11.8 Å². The van der Waals surface area contributed by atoms with Gasteiger partial charge in [0.1, 0.15) is 0 Å². The van der Waals surface area contributed by atoms with E-state index in [1.165, 1.54) is 16.0 Å². The van der Waals surface area contributed by atoms with Gasteiger partial charge < -0.3 is 0 Å². The standard InChI is InChI=1S/C21H20S/c1-17(18-11-5-2-6-12-18)21(19-13-7-3-8-14-19)22-20-15-9-4-10-16-20/h2-17,21H,1H3/t17-,21?/m1/s1. The Bertz CT molecular complexity index is 677. The molecule has 2 atom stereocenters. The van der Waals surface area contributed by atoms with Crippen LogP contribution in [0.15, 0.2) is 95.9 Å². The summed E-state index contributed by atoms with van der Waals surface area (Å²) in [5.41, 5.74) is 2.77. The van der Waals surface area contributed by atoms with Gasteiger partial charge in [-0.15, -0.1) is 11.8 Å². The summed E-state index contributed by atoms with van der Waals surface area (Å²) in [6.45, 7) is 2.32. The Labute approximate surface area is 137 Å². The molecule has 3 rings (SSSR count). The van der Waals surface area contributed by atoms with E-state index in [1.54, 1.807) is 0 Å². The van der Waals surface area contributed by atoms with E-state index in [4.69, 9.17) is 0 Å². The van der Waals surface area contributed by atoms with Gasteiger partial charge in [0.05, 0.1) is 0 Å². The minimum absolute atomic E-state index is 0.408. The van der Waals surface area contributed by atoms with Gasteiger partial charge in [-0.1, -0.05) is 85.8 Å². The van der Waals surface area contributed by atoms with Crippen molar-refractivity contribution in [3.63, 3.8) is 0 Å². The molecule has 0 radical (unpaired) electrons. The van der Waals surface area contributed by atoms with Gasteiger partial charge in [-0.3, -0.25) is 0 Å². The van der Waals surface area contributed by atoms with Crippen molar-refractivity contribution >= 4 is 11.8 Å². The molecule has 0 heterocycles. The van der Waals surface area contributed by atoms with E-state index < -0.39 is 0 Å². The molecule has 0 aromatic heterocycles. The summed E-state index contributed by atoms with van der Waals surface area (Å²) in [6.07, 6.45) is 0. The summed E-state index contributed by atoms with van der Waals surface area (Å²) in [5.74, 6) is 0.453. The van der Waals surface area contributed by atoms with Crippen LogP contribution in [0.3, 0.4) is 0 Å². The molecule has 0 amide bonds. The van der Waals surface area contributed by atoms with E-state index in [9.17, 15) is 0 Å². The monoisotopic (exact) mass is 304 g/mol. The van der Waals surface area contributed by atoms with Crippen LogP contribution in [-0.4, -0.2) is 0 Å². The van der Waals surface area contributed by atoms with Crippen LogP contribution < -0.4 is 0 Å². The molecule has 0 spiro atoms. The van der Waals surface area contributed by atoms with Crippen molar-refractivity contribution in [1.82, 2.24) is 0 Å². The van der Waals surface area contributed by atoms with Crippen LogP contribution in [0.1, 0.15) is 29.2 Å². The highest BCUT2D eigenvalue weighted by Crippen LogP contribution is 2.44. The number of rotatable bonds is 5. The molecule has 0 nitrogen and oxygen atoms in total. The first-order valence-electron chi connectivity index (χ1n) is 7.66. The minimum atomic E-state index is 0.408. The third-order valence-electron chi connectivity index (χ3n) is 3.91. The predicted molar refractivity (Wildman–Crippen MR) is 96.3 cm³/mol. The summed E-state index contributed by atoms with van der Waals surface area (Å²) in [4.78, 5) is 1.32. The molecule has 0 aliphatic rings. The molecule has 22 heavy (non-hydrogen) atoms. The van der Waals surface area contributed by atoms with Crippen LogP contribution in [0.5, 0.6) is 0 Å². The summed E-state index contributed by atoms with van der Waals surface area (Å²) < 4.78 is 0. The van der Waals surface area contributed by atoms with Gasteiger partial charge >= 0.3 is 0 Å². The van der Waals surface area contributed by atoms with Crippen LogP contribution in [0.25, 0.3) is 0 Å². The van der Waals surface area contributed by atoms with Crippen molar-refractivity contribution in [1.29, 1.82) is 0 Å². The second-order valence-corrected chi connectivity index (χ2v) is 6.68. The topological polar surface area (TPSA) is 0 Å². The maximum Gasteiger partial charge on any atom is 0.0410 e. The lowest BCUT2D eigenvalue weighted by Crippen LogP contribution is -2.05. The molecule has 1 unspecified atom stereocenters. The Morgan fingerprint density at radius 3 is 1.59 bits per heavy atom. The van der Waals surface area contributed by atoms with Gasteiger partial charge in [0.2, 0.25) is 0 Å². The molecule has 0 aliphatic carbocycles. The zero-order valence-electron chi connectivity index (χ0n) is 12.7. The lowest BCUT2D eigenvalue weighted by molar-refractivity contribution is 0.741. The van der Waals surface area contributed by atoms with Gasteiger partial charge in [0, 0.05) is 10.1 Å². The maximum atomic E-state index is 2.32. The van der Waals surface area contributed by atoms with Crippen molar-refractivity contribution in [2.24, 2.45) is 0 Å². The average Bonchev–Trinajstić information content (AvgIpc) is 2.61. The summed E-state index contributed by atoms with van der Waals surface area (Å²) in [5, 5.41) is 0.408. The van der Waals surface area contributed by atoms with Gasteiger partial charge in [-0.05, 0) is 29.2 Å². The Kier molecular flexibility index (Phi) is 4.97. The van der Waals surface area contributed by atoms with Gasteiger partial charge in [-0.25, -0.2) is 0 Å². The van der Waals surface area contributed by atoms with Crippen LogP contribution in [0.2, 0.25) is 0 Å². The molecular formula is C21H20S. The quantitative estimate of drug-likeness (QED) is 0.497. The van der Waals surface area contributed by atoms with E-state index in [0.29, 0.717) is 11.2 Å². The summed E-state index contributed by atoms with van der Waals surface area (Å²) >= 11 is 1.94. The predicted octanol–water partition coefficient (Wildman–Crippen LogP) is 6.32. The van der Waals surface area contributed by atoms with E-state index >= 15 is 0 Å². The molecule has 0 bridgehead atoms. The number of benzene rings is 3. The molecule has 0 saturated carbocycles. The molecule has 0 fully saturated rings. The Morgan fingerprint density at radius 2 is 1.05 bits per heavy atom. The zero-order valence-corrected chi connectivity index (χ0v) is 13.5. The van der Waals surface area contributed by atoms with E-state index in [-0.39, 0.29) is 0 Å². The fourth-order valence-electron chi connectivity index (χ4n) is 2.68. The second-order valence-electron chi connectivity index (χ2n) is 5.46. The molecule has 110 valence electrons. The average molecular weight is 304 g/mol. The first-order valence-corrected chi connectivity index (χ1v) is 8.54. The van der Waals surface area contributed by atoms with Crippen LogP contribution in [0.4, 0.5) is 0 Å². The van der Waals surface area contributed by atoms with Crippen molar-refractivity contribution in [2.75, 3.05) is 0 Å². The first-order chi connectivity index (χ1) is 10.8. The van der Waals surface area contributed by atoms with Crippen LogP contribution in [-0.2, 0) is 0 Å².